The van der Waals surface area contributed by atoms with Gasteiger partial charge in [0, 0.05) is 43.3 Å². The van der Waals surface area contributed by atoms with E-state index < -0.39 is 11.9 Å². The van der Waals surface area contributed by atoms with Gasteiger partial charge in [-0.2, -0.15) is 4.37 Å². The van der Waals surface area contributed by atoms with E-state index in [1.807, 2.05) is 25.1 Å². The summed E-state index contributed by atoms with van der Waals surface area (Å²) in [6.07, 6.45) is 0.841. The first-order valence-corrected chi connectivity index (χ1v) is 11.6. The van der Waals surface area contributed by atoms with Crippen LogP contribution in [0.3, 0.4) is 0 Å². The molecule has 2 aromatic rings. The summed E-state index contributed by atoms with van der Waals surface area (Å²) >= 11 is 7.17. The molecular weight excluding hydrogens is 452 g/mol. The van der Waals surface area contributed by atoms with Crippen LogP contribution in [0.5, 0.6) is 5.88 Å². The van der Waals surface area contributed by atoms with E-state index in [1.165, 1.54) is 0 Å². The van der Waals surface area contributed by atoms with Gasteiger partial charge in [0.2, 0.25) is 5.88 Å². The predicted molar refractivity (Wildman–Crippen MR) is 127 cm³/mol. The summed E-state index contributed by atoms with van der Waals surface area (Å²) in [4.78, 5) is 28.9. The van der Waals surface area contributed by atoms with E-state index in [0.29, 0.717) is 11.6 Å². The van der Waals surface area contributed by atoms with Crippen LogP contribution in [0.15, 0.2) is 18.2 Å². The minimum atomic E-state index is -0.728. The minimum absolute atomic E-state index is 0.0471. The molecule has 1 fully saturated rings. The smallest absolute Gasteiger partial charge is 0.319 e. The number of likely N-dealkylation sites (N-methyl/N-ethyl adjacent to an activating group) is 1. The molecule has 1 aromatic heterocycles. The van der Waals surface area contributed by atoms with Crippen LogP contribution in [0.1, 0.15) is 27.9 Å². The van der Waals surface area contributed by atoms with Crippen molar-refractivity contribution < 1.29 is 14.3 Å². The number of hydrogen-bond donors (Lipinski definition) is 3. The van der Waals surface area contributed by atoms with E-state index in [9.17, 15) is 9.59 Å². The highest BCUT2D eigenvalue weighted by Crippen LogP contribution is 2.31. The van der Waals surface area contributed by atoms with E-state index in [2.05, 4.69) is 31.9 Å². The lowest BCUT2D eigenvalue weighted by Crippen LogP contribution is -2.45. The van der Waals surface area contributed by atoms with Crippen molar-refractivity contribution in [2.45, 2.75) is 20.0 Å². The fraction of sp³-hybridized carbons (Fsp3) is 0.476. The largest absolute Gasteiger partial charge is 0.472 e. The first kappa shape index (κ1) is 24.2. The number of nitrogens with two attached hydrogens (primary N) is 1. The van der Waals surface area contributed by atoms with Crippen molar-refractivity contribution in [2.24, 2.45) is 5.73 Å². The Kier molecular flexibility index (Phi) is 8.68. The maximum absolute atomic E-state index is 12.3. The standard InChI is InChI=1S/C21H29ClN6O3S/c1-14-4-5-15(16(22)12-14)13-31-19-17(18(23)29)20(32-26-19)25-21(30)24-6-3-7-28-10-8-27(2)9-11-28/h4-5,12H,3,6-11,13H2,1-2H3,(H2,23,29)(H2,24,25,30). The number of carbonyl (C=O) groups excluding carboxylic acids is 2. The number of aromatic nitrogens is 1. The van der Waals surface area contributed by atoms with Crippen molar-refractivity contribution >= 4 is 40.1 Å². The Balaban J connectivity index is 1.49. The van der Waals surface area contributed by atoms with Crippen molar-refractivity contribution in [3.8, 4) is 5.88 Å². The van der Waals surface area contributed by atoms with Gasteiger partial charge in [-0.3, -0.25) is 10.1 Å². The number of aryl methyl sites for hydroxylation is 1. The molecule has 0 spiro atoms. The number of piperazine rings is 1. The predicted octanol–water partition coefficient (Wildman–Crippen LogP) is 2.54. The lowest BCUT2D eigenvalue weighted by atomic mass is 10.2. The molecule has 1 saturated heterocycles. The number of hydrogen-bond acceptors (Lipinski definition) is 7. The maximum Gasteiger partial charge on any atom is 0.319 e. The third-order valence-electron chi connectivity index (χ3n) is 5.24. The Hall–Kier alpha value is -2.40. The highest BCUT2D eigenvalue weighted by atomic mass is 35.5. The molecule has 1 aromatic carbocycles. The Morgan fingerprint density at radius 3 is 2.72 bits per heavy atom. The van der Waals surface area contributed by atoms with Crippen molar-refractivity contribution in [1.29, 1.82) is 0 Å². The molecule has 0 aliphatic carbocycles. The van der Waals surface area contributed by atoms with Crippen LogP contribution in [-0.4, -0.2) is 72.4 Å². The molecule has 2 heterocycles. The summed E-state index contributed by atoms with van der Waals surface area (Å²) < 4.78 is 9.81. The summed E-state index contributed by atoms with van der Waals surface area (Å²) in [6.45, 7) is 7.74. The number of primary amides is 1. The average molecular weight is 481 g/mol. The first-order chi connectivity index (χ1) is 15.3. The fourth-order valence-corrected chi connectivity index (χ4v) is 4.34. The number of amides is 3. The summed E-state index contributed by atoms with van der Waals surface area (Å²) in [5.74, 6) is -0.654. The topological polar surface area (TPSA) is 113 Å². The zero-order chi connectivity index (χ0) is 23.1. The van der Waals surface area contributed by atoms with Gasteiger partial charge in [-0.15, -0.1) is 0 Å². The van der Waals surface area contributed by atoms with Gasteiger partial charge in [0.15, 0.2) is 0 Å². The summed E-state index contributed by atoms with van der Waals surface area (Å²) in [5.41, 5.74) is 7.35. The molecule has 11 heteroatoms. The molecule has 0 bridgehead atoms. The number of benzene rings is 1. The van der Waals surface area contributed by atoms with Crippen molar-refractivity contribution in [3.05, 3.63) is 39.9 Å². The average Bonchev–Trinajstić information content (AvgIpc) is 3.14. The SMILES string of the molecule is Cc1ccc(COc2nsc(NC(=O)NCCCN3CCN(C)CC3)c2C(N)=O)c(Cl)c1. The van der Waals surface area contributed by atoms with E-state index in [4.69, 9.17) is 22.1 Å². The fourth-order valence-electron chi connectivity index (χ4n) is 3.32. The Bertz CT molecular complexity index is 946. The first-order valence-electron chi connectivity index (χ1n) is 10.5. The number of carbonyl (C=O) groups is 2. The van der Waals surface area contributed by atoms with Crippen LogP contribution >= 0.6 is 23.1 Å². The molecule has 32 heavy (non-hydrogen) atoms. The van der Waals surface area contributed by atoms with Crippen LogP contribution in [0.2, 0.25) is 5.02 Å². The second kappa shape index (κ2) is 11.5. The summed E-state index contributed by atoms with van der Waals surface area (Å²) in [7, 11) is 2.12. The molecule has 3 rings (SSSR count). The van der Waals surface area contributed by atoms with Gasteiger partial charge >= 0.3 is 6.03 Å². The number of halogens is 1. The van der Waals surface area contributed by atoms with Crippen molar-refractivity contribution in [1.82, 2.24) is 19.5 Å². The van der Waals surface area contributed by atoms with Crippen LogP contribution in [0.25, 0.3) is 0 Å². The molecule has 1 aliphatic rings. The highest BCUT2D eigenvalue weighted by Gasteiger charge is 2.22. The van der Waals surface area contributed by atoms with E-state index in [-0.39, 0.29) is 23.1 Å². The molecule has 9 nitrogen and oxygen atoms in total. The van der Waals surface area contributed by atoms with Gasteiger partial charge in [-0.05, 0) is 50.1 Å². The molecule has 3 amide bonds. The van der Waals surface area contributed by atoms with Crippen LogP contribution < -0.4 is 21.1 Å². The van der Waals surface area contributed by atoms with Gasteiger partial charge in [-0.25, -0.2) is 4.79 Å². The molecule has 174 valence electrons. The summed E-state index contributed by atoms with van der Waals surface area (Å²) in [6, 6.07) is 5.18. The number of nitrogens with zero attached hydrogens (tertiary/aromatic N) is 3. The van der Waals surface area contributed by atoms with Gasteiger partial charge in [-0.1, -0.05) is 23.7 Å². The maximum atomic E-state index is 12.3. The summed E-state index contributed by atoms with van der Waals surface area (Å²) in [5, 5.41) is 6.27. The monoisotopic (exact) mass is 480 g/mol. The molecule has 0 unspecified atom stereocenters. The van der Waals surface area contributed by atoms with Crippen molar-refractivity contribution in [2.75, 3.05) is 51.6 Å². The Labute approximate surface area is 197 Å². The van der Waals surface area contributed by atoms with Crippen molar-refractivity contribution in [3.63, 3.8) is 0 Å². The van der Waals surface area contributed by atoms with Gasteiger partial charge in [0.25, 0.3) is 5.91 Å². The normalized spacial score (nSPS) is 14.8. The number of anilines is 1. The number of nitrogens with one attached hydrogen (secondary N) is 2. The van der Waals surface area contributed by atoms with Gasteiger partial charge in [0.1, 0.15) is 17.2 Å². The lowest BCUT2D eigenvalue weighted by molar-refractivity contribution is 0.0996. The van der Waals surface area contributed by atoms with E-state index in [1.54, 1.807) is 0 Å². The van der Waals surface area contributed by atoms with Gasteiger partial charge in [0.05, 0.1) is 0 Å². The van der Waals surface area contributed by atoms with Crippen LogP contribution in [0, 0.1) is 6.92 Å². The van der Waals surface area contributed by atoms with Crippen LogP contribution in [-0.2, 0) is 6.61 Å². The molecule has 1 aliphatic heterocycles. The third kappa shape index (κ3) is 6.80. The molecule has 4 N–H and O–H groups in total. The third-order valence-corrected chi connectivity index (χ3v) is 6.34. The molecular formula is C21H29ClN6O3S. The molecule has 0 atom stereocenters. The quantitative estimate of drug-likeness (QED) is 0.475. The Morgan fingerprint density at radius 2 is 2.03 bits per heavy atom. The molecule has 0 radical (unpaired) electrons. The van der Waals surface area contributed by atoms with Gasteiger partial charge < -0.3 is 25.6 Å². The van der Waals surface area contributed by atoms with E-state index in [0.717, 1.165) is 61.8 Å². The number of rotatable bonds is 9. The zero-order valence-corrected chi connectivity index (χ0v) is 19.9. The molecule has 0 saturated carbocycles. The zero-order valence-electron chi connectivity index (χ0n) is 18.3. The second-order valence-corrected chi connectivity index (χ2v) is 9.00. The lowest BCUT2D eigenvalue weighted by Gasteiger charge is -2.32. The van der Waals surface area contributed by atoms with Crippen LogP contribution in [0.4, 0.5) is 9.80 Å². The second-order valence-electron chi connectivity index (χ2n) is 7.82. The minimum Gasteiger partial charge on any atom is -0.472 e. The highest BCUT2D eigenvalue weighted by molar-refractivity contribution is 7.11. The Morgan fingerprint density at radius 1 is 1.28 bits per heavy atom. The number of urea groups is 1. The number of ether oxygens (including phenoxy) is 1. The van der Waals surface area contributed by atoms with E-state index >= 15 is 0 Å².